The molecule has 1 unspecified atom stereocenters. The molecule has 3 rings (SSSR count). The molecular formula is C16H21FN4O2. The van der Waals surface area contributed by atoms with Crippen LogP contribution >= 0.6 is 0 Å². The number of rotatable bonds is 5. The molecule has 2 aromatic rings. The first-order valence-corrected chi connectivity index (χ1v) is 7.82. The maximum atomic E-state index is 13.2. The van der Waals surface area contributed by atoms with Crippen molar-refractivity contribution in [3.8, 4) is 0 Å². The summed E-state index contributed by atoms with van der Waals surface area (Å²) in [5.41, 5.74) is 1.52. The second kappa shape index (κ2) is 7.06. The standard InChI is InChI=1S/C16H21FN4O2/c1-21-14-3-2-11(17)8-13(14)20-15(21)4-5-19-16(22)9-12-10-23-7-6-18-12/h2-3,8,12,18H,4-7,9-10H2,1H3,(H,19,22). The molecule has 2 N–H and O–H groups in total. The normalized spacial score (nSPS) is 18.3. The first-order valence-electron chi connectivity index (χ1n) is 7.82. The minimum atomic E-state index is -0.294. The van der Waals surface area contributed by atoms with Gasteiger partial charge in [0.2, 0.25) is 5.91 Å². The average Bonchev–Trinajstić information content (AvgIpc) is 2.84. The Bertz CT molecular complexity index is 695. The highest BCUT2D eigenvalue weighted by Gasteiger charge is 2.16. The van der Waals surface area contributed by atoms with E-state index in [4.69, 9.17) is 4.74 Å². The molecule has 1 aromatic heterocycles. The Morgan fingerprint density at radius 3 is 3.22 bits per heavy atom. The van der Waals surface area contributed by atoms with E-state index in [-0.39, 0.29) is 17.8 Å². The third kappa shape index (κ3) is 3.86. The number of nitrogens with one attached hydrogen (secondary N) is 2. The molecule has 0 bridgehead atoms. The number of hydrogen-bond acceptors (Lipinski definition) is 4. The smallest absolute Gasteiger partial charge is 0.221 e. The summed E-state index contributed by atoms with van der Waals surface area (Å²) in [6.07, 6.45) is 1.01. The van der Waals surface area contributed by atoms with E-state index in [0.29, 0.717) is 38.1 Å². The minimum absolute atomic E-state index is 0.00203. The second-order valence-corrected chi connectivity index (χ2v) is 5.75. The number of aryl methyl sites for hydroxylation is 1. The number of amides is 1. The summed E-state index contributed by atoms with van der Waals surface area (Å²) >= 11 is 0. The van der Waals surface area contributed by atoms with E-state index in [2.05, 4.69) is 15.6 Å². The fourth-order valence-corrected chi connectivity index (χ4v) is 2.81. The molecule has 0 aliphatic carbocycles. The van der Waals surface area contributed by atoms with Crippen LogP contribution in [0.5, 0.6) is 0 Å². The van der Waals surface area contributed by atoms with E-state index in [1.165, 1.54) is 12.1 Å². The monoisotopic (exact) mass is 320 g/mol. The van der Waals surface area contributed by atoms with Crippen molar-refractivity contribution in [3.05, 3.63) is 29.8 Å². The molecule has 1 aliphatic rings. The van der Waals surface area contributed by atoms with Gasteiger partial charge in [0, 0.05) is 45.1 Å². The van der Waals surface area contributed by atoms with Crippen LogP contribution in [0.15, 0.2) is 18.2 Å². The van der Waals surface area contributed by atoms with Crippen LogP contribution in [0, 0.1) is 5.82 Å². The lowest BCUT2D eigenvalue weighted by Gasteiger charge is -2.23. The first-order chi connectivity index (χ1) is 11.1. The summed E-state index contributed by atoms with van der Waals surface area (Å²) in [5, 5.41) is 6.15. The second-order valence-electron chi connectivity index (χ2n) is 5.75. The fourth-order valence-electron chi connectivity index (χ4n) is 2.81. The zero-order valence-electron chi connectivity index (χ0n) is 13.1. The van der Waals surface area contributed by atoms with Gasteiger partial charge in [0.25, 0.3) is 0 Å². The number of hydrogen-bond donors (Lipinski definition) is 2. The minimum Gasteiger partial charge on any atom is -0.378 e. The summed E-state index contributed by atoms with van der Waals surface area (Å²) < 4.78 is 20.5. The molecule has 6 nitrogen and oxygen atoms in total. The Morgan fingerprint density at radius 2 is 2.43 bits per heavy atom. The summed E-state index contributed by atoms with van der Waals surface area (Å²) in [7, 11) is 1.90. The number of imidazole rings is 1. The van der Waals surface area contributed by atoms with Gasteiger partial charge < -0.3 is 19.9 Å². The van der Waals surface area contributed by atoms with Crippen LogP contribution in [0.3, 0.4) is 0 Å². The van der Waals surface area contributed by atoms with Crippen molar-refractivity contribution in [2.75, 3.05) is 26.3 Å². The van der Waals surface area contributed by atoms with Crippen molar-refractivity contribution in [2.45, 2.75) is 18.9 Å². The highest BCUT2D eigenvalue weighted by Crippen LogP contribution is 2.16. The number of aromatic nitrogens is 2. The van der Waals surface area contributed by atoms with Gasteiger partial charge in [0.1, 0.15) is 11.6 Å². The van der Waals surface area contributed by atoms with Gasteiger partial charge in [0.15, 0.2) is 0 Å². The molecule has 0 radical (unpaired) electrons. The number of benzene rings is 1. The van der Waals surface area contributed by atoms with E-state index in [1.54, 1.807) is 6.07 Å². The van der Waals surface area contributed by atoms with Gasteiger partial charge in [-0.3, -0.25) is 4.79 Å². The van der Waals surface area contributed by atoms with Gasteiger partial charge in [-0.1, -0.05) is 0 Å². The number of ether oxygens (including phenoxy) is 1. The van der Waals surface area contributed by atoms with Crippen molar-refractivity contribution in [1.29, 1.82) is 0 Å². The van der Waals surface area contributed by atoms with Gasteiger partial charge in [0.05, 0.1) is 24.2 Å². The van der Waals surface area contributed by atoms with Crippen molar-refractivity contribution in [2.24, 2.45) is 7.05 Å². The molecule has 124 valence electrons. The quantitative estimate of drug-likeness (QED) is 0.853. The topological polar surface area (TPSA) is 68.2 Å². The number of carbonyl (C=O) groups is 1. The maximum Gasteiger partial charge on any atom is 0.221 e. The molecule has 0 saturated carbocycles. The third-order valence-corrected chi connectivity index (χ3v) is 4.04. The highest BCUT2D eigenvalue weighted by molar-refractivity contribution is 5.77. The number of halogens is 1. The number of morpholine rings is 1. The Balaban J connectivity index is 1.52. The van der Waals surface area contributed by atoms with Gasteiger partial charge in [-0.2, -0.15) is 0 Å². The third-order valence-electron chi connectivity index (χ3n) is 4.04. The summed E-state index contributed by atoms with van der Waals surface area (Å²) in [6.45, 7) is 2.57. The lowest BCUT2D eigenvalue weighted by Crippen LogP contribution is -2.44. The van der Waals surface area contributed by atoms with Crippen LogP contribution in [0.4, 0.5) is 4.39 Å². The van der Waals surface area contributed by atoms with Crippen LogP contribution in [0.2, 0.25) is 0 Å². The summed E-state index contributed by atoms with van der Waals surface area (Å²) in [5.74, 6) is 0.528. The lowest BCUT2D eigenvalue weighted by atomic mass is 10.2. The Kier molecular flexibility index (Phi) is 4.88. The molecule has 23 heavy (non-hydrogen) atoms. The molecule has 0 spiro atoms. The van der Waals surface area contributed by atoms with E-state index in [0.717, 1.165) is 17.9 Å². The summed E-state index contributed by atoms with van der Waals surface area (Å²) in [4.78, 5) is 16.3. The molecule has 1 atom stereocenters. The molecule has 2 heterocycles. The van der Waals surface area contributed by atoms with Crippen LogP contribution in [0.1, 0.15) is 12.2 Å². The average molecular weight is 320 g/mol. The van der Waals surface area contributed by atoms with Crippen molar-refractivity contribution in [1.82, 2.24) is 20.2 Å². The zero-order valence-corrected chi connectivity index (χ0v) is 13.1. The van der Waals surface area contributed by atoms with Crippen molar-refractivity contribution >= 4 is 16.9 Å². The Morgan fingerprint density at radius 1 is 1.57 bits per heavy atom. The first kappa shape index (κ1) is 15.9. The summed E-state index contributed by atoms with van der Waals surface area (Å²) in [6, 6.07) is 4.65. The molecule has 1 aromatic carbocycles. The molecular weight excluding hydrogens is 299 g/mol. The predicted octanol–water partition coefficient (Wildman–Crippen LogP) is 0.750. The molecule has 7 heteroatoms. The zero-order chi connectivity index (χ0) is 16.2. The van der Waals surface area contributed by atoms with Gasteiger partial charge >= 0.3 is 0 Å². The predicted molar refractivity (Wildman–Crippen MR) is 84.6 cm³/mol. The van der Waals surface area contributed by atoms with Crippen LogP contribution in [-0.4, -0.2) is 47.8 Å². The number of fused-ring (bicyclic) bond motifs is 1. The molecule has 1 saturated heterocycles. The molecule has 1 amide bonds. The van der Waals surface area contributed by atoms with E-state index in [9.17, 15) is 9.18 Å². The number of carbonyl (C=O) groups excluding carboxylic acids is 1. The lowest BCUT2D eigenvalue weighted by molar-refractivity contribution is -0.122. The van der Waals surface area contributed by atoms with Crippen LogP contribution in [0.25, 0.3) is 11.0 Å². The van der Waals surface area contributed by atoms with Crippen LogP contribution < -0.4 is 10.6 Å². The van der Waals surface area contributed by atoms with E-state index < -0.39 is 0 Å². The highest BCUT2D eigenvalue weighted by atomic mass is 19.1. The fraction of sp³-hybridized carbons (Fsp3) is 0.500. The number of nitrogens with zero attached hydrogens (tertiary/aromatic N) is 2. The van der Waals surface area contributed by atoms with Crippen LogP contribution in [-0.2, 0) is 23.0 Å². The van der Waals surface area contributed by atoms with E-state index >= 15 is 0 Å². The van der Waals surface area contributed by atoms with Crippen molar-refractivity contribution in [3.63, 3.8) is 0 Å². The van der Waals surface area contributed by atoms with Crippen molar-refractivity contribution < 1.29 is 13.9 Å². The Labute approximate surface area is 134 Å². The largest absolute Gasteiger partial charge is 0.378 e. The van der Waals surface area contributed by atoms with Gasteiger partial charge in [-0.25, -0.2) is 9.37 Å². The van der Waals surface area contributed by atoms with E-state index in [1.807, 2.05) is 11.6 Å². The van der Waals surface area contributed by atoms with Gasteiger partial charge in [-0.15, -0.1) is 0 Å². The molecule has 1 aliphatic heterocycles. The Hall–Kier alpha value is -1.99. The SMILES string of the molecule is Cn1c(CCNC(=O)CC2COCCN2)nc2cc(F)ccc21. The van der Waals surface area contributed by atoms with Gasteiger partial charge in [-0.05, 0) is 12.1 Å². The maximum absolute atomic E-state index is 13.2. The molecule has 1 fully saturated rings.